The second kappa shape index (κ2) is 16.3. The average molecular weight is 492 g/mol. The minimum Gasteiger partial charge on any atom is -0.348 e. The van der Waals surface area contributed by atoms with Gasteiger partial charge in [0.25, 0.3) is 0 Å². The van der Waals surface area contributed by atoms with Crippen LogP contribution in [0.5, 0.6) is 0 Å². The highest BCUT2D eigenvalue weighted by Crippen LogP contribution is 2.45. The fourth-order valence-electron chi connectivity index (χ4n) is 4.23. The molecule has 0 spiro atoms. The topological polar surface area (TPSA) is 84.9 Å². The fraction of sp³-hybridized carbons (Fsp3) is 0.960. The number of nitrogens with one attached hydrogen (secondary N) is 1. The lowest BCUT2D eigenvalue weighted by Gasteiger charge is -2.42. The normalized spacial score (nSPS) is 20.3. The van der Waals surface area contributed by atoms with Crippen molar-refractivity contribution in [3.8, 4) is 0 Å². The summed E-state index contributed by atoms with van der Waals surface area (Å²) in [5, 5.41) is 2.90. The van der Waals surface area contributed by atoms with Crippen LogP contribution >= 0.6 is 7.82 Å². The number of hydrogen-bond acceptors (Lipinski definition) is 4. The zero-order valence-corrected chi connectivity index (χ0v) is 22.8. The molecular formula is C25H52N2O5P+. The number of unbranched alkanes of at least 4 members (excludes halogenated alkanes) is 13. The van der Waals surface area contributed by atoms with Crippen LogP contribution in [0.1, 0.15) is 110 Å². The Bertz CT molecular complexity index is 572. The summed E-state index contributed by atoms with van der Waals surface area (Å²) < 4.78 is 23.1. The number of phosphoric acid groups is 1. The van der Waals surface area contributed by atoms with Crippen LogP contribution in [0.2, 0.25) is 0 Å². The molecule has 196 valence electrons. The molecule has 1 saturated heterocycles. The van der Waals surface area contributed by atoms with Gasteiger partial charge in [-0.15, -0.1) is 0 Å². The van der Waals surface area contributed by atoms with E-state index < -0.39 is 13.4 Å². The number of rotatable bonds is 22. The van der Waals surface area contributed by atoms with Gasteiger partial charge >= 0.3 is 7.82 Å². The molecule has 2 N–H and O–H groups in total. The molecule has 1 aliphatic rings. The smallest absolute Gasteiger partial charge is 0.348 e. The van der Waals surface area contributed by atoms with Crippen molar-refractivity contribution < 1.29 is 27.8 Å². The number of nitrogens with zero attached hydrogens (tertiary/aromatic N) is 1. The number of hydrogen-bond donors (Lipinski definition) is 2. The van der Waals surface area contributed by atoms with Crippen molar-refractivity contribution in [3.63, 3.8) is 0 Å². The van der Waals surface area contributed by atoms with Gasteiger partial charge in [-0.05, 0) is 6.42 Å². The third kappa shape index (κ3) is 15.9. The second-order valence-corrected chi connectivity index (χ2v) is 12.4. The molecule has 1 unspecified atom stereocenters. The Balaban J connectivity index is 2.08. The number of amides is 1. The molecule has 8 heteroatoms. The summed E-state index contributed by atoms with van der Waals surface area (Å²) in [6, 6.07) is 0. The van der Waals surface area contributed by atoms with Gasteiger partial charge < -0.3 is 14.7 Å². The van der Waals surface area contributed by atoms with Gasteiger partial charge in [0, 0.05) is 0 Å². The molecule has 1 aliphatic heterocycles. The molecular weight excluding hydrogens is 439 g/mol. The van der Waals surface area contributed by atoms with Crippen molar-refractivity contribution in [1.82, 2.24) is 5.32 Å². The molecule has 0 aromatic carbocycles. The molecule has 0 aliphatic carbocycles. The van der Waals surface area contributed by atoms with Crippen LogP contribution in [-0.2, 0) is 18.4 Å². The lowest BCUT2D eigenvalue weighted by Crippen LogP contribution is -2.63. The van der Waals surface area contributed by atoms with E-state index in [9.17, 15) is 14.3 Å². The number of carbonyl (C=O) groups excluding carboxylic acids is 1. The van der Waals surface area contributed by atoms with E-state index in [0.717, 1.165) is 19.3 Å². The van der Waals surface area contributed by atoms with E-state index in [4.69, 9.17) is 9.05 Å². The highest BCUT2D eigenvalue weighted by atomic mass is 31.2. The first-order valence-corrected chi connectivity index (χ1v) is 14.8. The number of β-lactam (4-membered cyclic amide) rings is 1. The summed E-state index contributed by atoms with van der Waals surface area (Å²) in [6.07, 6.45) is 19.4. The Kier molecular flexibility index (Phi) is 15.1. The van der Waals surface area contributed by atoms with Gasteiger partial charge in [-0.1, -0.05) is 96.8 Å². The summed E-state index contributed by atoms with van der Waals surface area (Å²) in [4.78, 5) is 21.5. The Labute approximate surface area is 203 Å². The number of likely N-dealkylation sites (N-methyl/N-ethyl adjacent to an activating group) is 1. The van der Waals surface area contributed by atoms with Crippen LogP contribution < -0.4 is 5.32 Å². The summed E-state index contributed by atoms with van der Waals surface area (Å²) >= 11 is 0. The molecule has 0 aromatic rings. The monoisotopic (exact) mass is 491 g/mol. The van der Waals surface area contributed by atoms with Crippen molar-refractivity contribution in [1.29, 1.82) is 0 Å². The SMILES string of the molecule is CCCCCCCCCCCCCCCC[C@]1(COP(=O)(O)OCC[N+](C)(C)C)CC(=O)N1. The van der Waals surface area contributed by atoms with E-state index in [0.29, 0.717) is 17.4 Å². The van der Waals surface area contributed by atoms with E-state index in [1.807, 2.05) is 21.1 Å². The molecule has 1 rings (SSSR count). The van der Waals surface area contributed by atoms with Crippen molar-refractivity contribution in [2.45, 2.75) is 115 Å². The highest BCUT2D eigenvalue weighted by molar-refractivity contribution is 7.47. The minimum atomic E-state index is -4.11. The van der Waals surface area contributed by atoms with Crippen molar-refractivity contribution in [2.24, 2.45) is 0 Å². The fourth-order valence-corrected chi connectivity index (χ4v) is 5.02. The second-order valence-electron chi connectivity index (χ2n) is 10.9. The van der Waals surface area contributed by atoms with Gasteiger partial charge in [-0.25, -0.2) is 4.57 Å². The number of quaternary nitrogens is 1. The van der Waals surface area contributed by atoms with Gasteiger partial charge in [-0.3, -0.25) is 13.8 Å². The molecule has 1 amide bonds. The largest absolute Gasteiger partial charge is 0.472 e. The van der Waals surface area contributed by atoms with Crippen molar-refractivity contribution >= 4 is 13.7 Å². The van der Waals surface area contributed by atoms with Gasteiger partial charge in [-0.2, -0.15) is 0 Å². The molecule has 0 aromatic heterocycles. The maximum atomic E-state index is 12.2. The van der Waals surface area contributed by atoms with E-state index in [2.05, 4.69) is 12.2 Å². The molecule has 1 heterocycles. The van der Waals surface area contributed by atoms with Crippen LogP contribution in [0, 0.1) is 0 Å². The maximum Gasteiger partial charge on any atom is 0.472 e. The summed E-state index contributed by atoms with van der Waals surface area (Å²) in [7, 11) is 1.86. The molecule has 2 atom stereocenters. The summed E-state index contributed by atoms with van der Waals surface area (Å²) in [5.74, 6) is -0.0253. The minimum absolute atomic E-state index is 0.0232. The first-order chi connectivity index (χ1) is 15.6. The Morgan fingerprint density at radius 1 is 0.879 bits per heavy atom. The van der Waals surface area contributed by atoms with Gasteiger partial charge in [0.2, 0.25) is 5.91 Å². The predicted octanol–water partition coefficient (Wildman–Crippen LogP) is 5.96. The van der Waals surface area contributed by atoms with Crippen molar-refractivity contribution in [3.05, 3.63) is 0 Å². The van der Waals surface area contributed by atoms with Crippen LogP contribution in [0.4, 0.5) is 0 Å². The summed E-state index contributed by atoms with van der Waals surface area (Å²) in [5.41, 5.74) is -0.518. The molecule has 0 bridgehead atoms. The average Bonchev–Trinajstić information content (AvgIpc) is 2.70. The van der Waals surface area contributed by atoms with Gasteiger partial charge in [0.05, 0.1) is 39.7 Å². The zero-order chi connectivity index (χ0) is 24.6. The quantitative estimate of drug-likeness (QED) is 0.0845. The third-order valence-corrected chi connectivity index (χ3v) is 7.40. The first-order valence-electron chi connectivity index (χ1n) is 13.3. The number of phosphoric ester groups is 1. The Morgan fingerprint density at radius 2 is 1.33 bits per heavy atom. The predicted molar refractivity (Wildman–Crippen MR) is 135 cm³/mol. The molecule has 7 nitrogen and oxygen atoms in total. The molecule has 0 radical (unpaired) electrons. The number of carbonyl (C=O) groups is 1. The first kappa shape index (κ1) is 30.6. The van der Waals surface area contributed by atoms with Crippen LogP contribution in [0.15, 0.2) is 0 Å². The van der Waals surface area contributed by atoms with Crippen molar-refractivity contribution in [2.75, 3.05) is 40.9 Å². The lowest BCUT2D eigenvalue weighted by atomic mass is 9.83. The van der Waals surface area contributed by atoms with Crippen LogP contribution in [0.3, 0.4) is 0 Å². The van der Waals surface area contributed by atoms with E-state index in [1.54, 1.807) is 0 Å². The third-order valence-electron chi connectivity index (χ3n) is 6.43. The van der Waals surface area contributed by atoms with E-state index >= 15 is 0 Å². The lowest BCUT2D eigenvalue weighted by molar-refractivity contribution is -0.870. The van der Waals surface area contributed by atoms with E-state index in [1.165, 1.54) is 77.0 Å². The summed E-state index contributed by atoms with van der Waals surface area (Å²) in [6.45, 7) is 3.04. The Hall–Kier alpha value is -0.460. The van der Waals surface area contributed by atoms with Crippen LogP contribution in [-0.4, -0.2) is 61.7 Å². The molecule has 33 heavy (non-hydrogen) atoms. The Morgan fingerprint density at radius 3 is 1.76 bits per heavy atom. The van der Waals surface area contributed by atoms with Gasteiger partial charge in [0.1, 0.15) is 13.2 Å². The maximum absolute atomic E-state index is 12.2. The standard InChI is InChI=1S/C25H51N2O5P/c1-5-6-7-8-9-10-11-12-13-14-15-16-17-18-19-25(22-24(28)26-25)23-32-33(29,30)31-21-20-27(2,3)4/h5-23H2,1-4H3,(H-,26,28,29,30)/p+1/t25-/m1/s1. The van der Waals surface area contributed by atoms with Gasteiger partial charge in [0.15, 0.2) is 0 Å². The molecule has 0 saturated carbocycles. The van der Waals surface area contributed by atoms with E-state index in [-0.39, 0.29) is 19.1 Å². The highest BCUT2D eigenvalue weighted by Gasteiger charge is 2.44. The zero-order valence-electron chi connectivity index (χ0n) is 21.9. The molecule has 1 fully saturated rings. The van der Waals surface area contributed by atoms with Crippen LogP contribution in [0.25, 0.3) is 0 Å².